The van der Waals surface area contributed by atoms with Crippen molar-refractivity contribution in [1.82, 2.24) is 25.3 Å². The van der Waals surface area contributed by atoms with Crippen molar-refractivity contribution in [2.45, 2.75) is 24.5 Å². The van der Waals surface area contributed by atoms with Gasteiger partial charge in [0.2, 0.25) is 5.89 Å². The number of aryl methyl sites for hydroxylation is 1. The number of nitrogen functional groups attached to an aromatic ring is 1. The lowest BCUT2D eigenvalue weighted by molar-refractivity contribution is 0.0664. The van der Waals surface area contributed by atoms with Gasteiger partial charge in [0.1, 0.15) is 23.1 Å². The molecule has 5 rings (SSSR count). The van der Waals surface area contributed by atoms with Gasteiger partial charge in [-0.15, -0.1) is 0 Å². The van der Waals surface area contributed by atoms with Crippen LogP contribution in [0.4, 0.5) is 5.82 Å². The van der Waals surface area contributed by atoms with Gasteiger partial charge < -0.3 is 20.6 Å². The van der Waals surface area contributed by atoms with Crippen LogP contribution in [0.5, 0.6) is 0 Å². The number of aromatic nitrogens is 4. The highest BCUT2D eigenvalue weighted by molar-refractivity contribution is 5.98. The van der Waals surface area contributed by atoms with Gasteiger partial charge in [0.25, 0.3) is 5.91 Å². The van der Waals surface area contributed by atoms with E-state index < -0.39 is 17.0 Å². The molecule has 2 aliphatic rings. The minimum atomic E-state index is -1.07. The summed E-state index contributed by atoms with van der Waals surface area (Å²) in [5.41, 5.74) is 6.25. The van der Waals surface area contributed by atoms with Crippen molar-refractivity contribution in [3.05, 3.63) is 53.4 Å². The molecule has 4 N–H and O–H groups in total. The van der Waals surface area contributed by atoms with Crippen LogP contribution in [0.2, 0.25) is 0 Å². The quantitative estimate of drug-likeness (QED) is 0.625. The first-order valence-electron chi connectivity index (χ1n) is 8.01. The smallest absolute Gasteiger partial charge is 0.274 e. The van der Waals surface area contributed by atoms with Crippen LogP contribution in [0, 0.1) is 6.92 Å². The summed E-state index contributed by atoms with van der Waals surface area (Å²) in [6, 6.07) is 3.57. The molecule has 2 aliphatic carbocycles. The predicted octanol–water partition coefficient (Wildman–Crippen LogP) is 0.647. The number of nitrogens with zero attached hydrogens (tertiary/aromatic N) is 4. The van der Waals surface area contributed by atoms with E-state index in [1.54, 1.807) is 19.2 Å². The molecule has 3 aromatic rings. The molecule has 1 unspecified atom stereocenters. The molecule has 130 valence electrons. The van der Waals surface area contributed by atoms with E-state index in [9.17, 15) is 9.90 Å². The van der Waals surface area contributed by atoms with E-state index in [0.717, 1.165) is 5.56 Å². The molecule has 0 aromatic carbocycles. The highest BCUT2D eigenvalue weighted by Gasteiger charge is 2.80. The summed E-state index contributed by atoms with van der Waals surface area (Å²) in [6.07, 6.45) is 4.93. The monoisotopic (exact) mass is 350 g/mol. The van der Waals surface area contributed by atoms with Gasteiger partial charge in [-0.3, -0.25) is 9.78 Å². The lowest BCUT2D eigenvalue weighted by Gasteiger charge is -2.34. The Hall–Kier alpha value is -3.33. The molecule has 0 radical (unpaired) electrons. The molecule has 3 heterocycles. The van der Waals surface area contributed by atoms with Gasteiger partial charge in [-0.2, -0.15) is 0 Å². The summed E-state index contributed by atoms with van der Waals surface area (Å²) >= 11 is 0. The number of fused-ring (bicyclic) bond motifs is 4. The molecule has 1 saturated carbocycles. The average molecular weight is 350 g/mol. The standard InChI is InChI=1S/C17H14N6O3/c1-8-10(15-20-5-6-26-15)22-13(18)11(21-8)14(24)23-16-7-17(16,25)9-3-2-4-19-12(9)16/h2-6,25H,7H2,1H3,(H2,18,22)(H,23,24)/t16-,17?/m1/s1. The third kappa shape index (κ3) is 1.70. The number of amides is 1. The Morgan fingerprint density at radius 1 is 1.35 bits per heavy atom. The number of oxazole rings is 1. The zero-order valence-corrected chi connectivity index (χ0v) is 13.7. The zero-order valence-electron chi connectivity index (χ0n) is 13.7. The van der Waals surface area contributed by atoms with Gasteiger partial charge in [0.15, 0.2) is 11.5 Å². The number of anilines is 1. The van der Waals surface area contributed by atoms with Crippen molar-refractivity contribution >= 4 is 11.7 Å². The Bertz CT molecular complexity index is 1070. The fourth-order valence-corrected chi connectivity index (χ4v) is 3.66. The lowest BCUT2D eigenvalue weighted by atomic mass is 9.85. The van der Waals surface area contributed by atoms with Gasteiger partial charge >= 0.3 is 0 Å². The van der Waals surface area contributed by atoms with Gasteiger partial charge in [0, 0.05) is 18.2 Å². The van der Waals surface area contributed by atoms with Crippen LogP contribution < -0.4 is 11.1 Å². The van der Waals surface area contributed by atoms with Crippen molar-refractivity contribution in [3.63, 3.8) is 0 Å². The largest absolute Gasteiger partial charge is 0.443 e. The van der Waals surface area contributed by atoms with E-state index in [4.69, 9.17) is 10.2 Å². The van der Waals surface area contributed by atoms with E-state index in [1.165, 1.54) is 12.5 Å². The zero-order chi connectivity index (χ0) is 18.1. The highest BCUT2D eigenvalue weighted by atomic mass is 16.3. The third-order valence-electron chi connectivity index (χ3n) is 5.03. The molecule has 0 bridgehead atoms. The van der Waals surface area contributed by atoms with Crippen LogP contribution >= 0.6 is 0 Å². The molecule has 3 aromatic heterocycles. The Kier molecular flexibility index (Phi) is 2.67. The number of carbonyl (C=O) groups excluding carboxylic acids is 1. The van der Waals surface area contributed by atoms with Gasteiger partial charge in [-0.05, 0) is 13.0 Å². The predicted molar refractivity (Wildman–Crippen MR) is 88.6 cm³/mol. The number of hydrogen-bond acceptors (Lipinski definition) is 8. The van der Waals surface area contributed by atoms with Crippen LogP contribution in [0.25, 0.3) is 11.6 Å². The molecule has 0 aliphatic heterocycles. The number of nitrogens with one attached hydrogen (secondary N) is 1. The summed E-state index contributed by atoms with van der Waals surface area (Å²) < 4.78 is 5.21. The fraction of sp³-hybridized carbons (Fsp3) is 0.235. The first kappa shape index (κ1) is 15.0. The van der Waals surface area contributed by atoms with Crippen LogP contribution in [0.3, 0.4) is 0 Å². The number of nitrogens with two attached hydrogens (primary N) is 1. The van der Waals surface area contributed by atoms with Crippen molar-refractivity contribution < 1.29 is 14.3 Å². The maximum absolute atomic E-state index is 12.7. The van der Waals surface area contributed by atoms with Gasteiger partial charge in [0.05, 0.1) is 17.6 Å². The molecular formula is C17H14N6O3. The van der Waals surface area contributed by atoms with Crippen LogP contribution in [-0.2, 0) is 11.1 Å². The molecule has 26 heavy (non-hydrogen) atoms. The maximum atomic E-state index is 12.7. The number of pyridine rings is 1. The van der Waals surface area contributed by atoms with Crippen LogP contribution in [0.1, 0.15) is 33.9 Å². The van der Waals surface area contributed by atoms with E-state index in [2.05, 4.69) is 25.3 Å². The van der Waals surface area contributed by atoms with Crippen molar-refractivity contribution in [2.75, 3.05) is 5.73 Å². The second kappa shape index (κ2) is 4.64. The normalized spacial score (nSPS) is 25.0. The topological polar surface area (TPSA) is 140 Å². The van der Waals surface area contributed by atoms with Crippen LogP contribution in [-0.4, -0.2) is 30.9 Å². The maximum Gasteiger partial charge on any atom is 0.274 e. The Labute approximate surface area is 147 Å². The minimum Gasteiger partial charge on any atom is -0.443 e. The Morgan fingerprint density at radius 3 is 2.96 bits per heavy atom. The first-order valence-corrected chi connectivity index (χ1v) is 8.01. The second-order valence-electron chi connectivity index (χ2n) is 6.52. The molecule has 9 nitrogen and oxygen atoms in total. The number of rotatable bonds is 3. The number of hydrogen-bond donors (Lipinski definition) is 3. The summed E-state index contributed by atoms with van der Waals surface area (Å²) in [5.74, 6) is -0.271. The Balaban J connectivity index is 1.47. The number of carbonyl (C=O) groups is 1. The van der Waals surface area contributed by atoms with E-state index in [-0.39, 0.29) is 17.4 Å². The number of aliphatic hydroxyl groups is 1. The molecule has 1 amide bonds. The van der Waals surface area contributed by atoms with Crippen molar-refractivity contribution in [3.8, 4) is 11.6 Å². The third-order valence-corrected chi connectivity index (χ3v) is 5.03. The fourth-order valence-electron chi connectivity index (χ4n) is 3.66. The second-order valence-corrected chi connectivity index (χ2v) is 6.52. The molecule has 2 atom stereocenters. The summed E-state index contributed by atoms with van der Waals surface area (Å²) in [6.45, 7) is 1.69. The molecule has 1 fully saturated rings. The van der Waals surface area contributed by atoms with Crippen molar-refractivity contribution in [1.29, 1.82) is 0 Å². The SMILES string of the molecule is Cc1nc(C(=O)N[C@@]23CC2(O)c2cccnc23)c(N)nc1-c1ncco1. The molecule has 0 spiro atoms. The van der Waals surface area contributed by atoms with E-state index in [0.29, 0.717) is 23.5 Å². The molecule has 9 heteroatoms. The summed E-state index contributed by atoms with van der Waals surface area (Å²) in [5, 5.41) is 13.5. The first-order chi connectivity index (χ1) is 12.5. The van der Waals surface area contributed by atoms with Gasteiger partial charge in [-0.25, -0.2) is 15.0 Å². The van der Waals surface area contributed by atoms with Crippen molar-refractivity contribution in [2.24, 2.45) is 0 Å². The highest BCUT2D eigenvalue weighted by Crippen LogP contribution is 2.71. The molecular weight excluding hydrogens is 336 g/mol. The summed E-state index contributed by atoms with van der Waals surface area (Å²) in [7, 11) is 0. The molecule has 0 saturated heterocycles. The lowest BCUT2D eigenvalue weighted by Crippen LogP contribution is -2.49. The summed E-state index contributed by atoms with van der Waals surface area (Å²) in [4.78, 5) is 29.5. The minimum absolute atomic E-state index is 0.00851. The van der Waals surface area contributed by atoms with E-state index in [1.807, 2.05) is 6.07 Å². The van der Waals surface area contributed by atoms with Gasteiger partial charge in [-0.1, -0.05) is 6.07 Å². The average Bonchev–Trinajstić information content (AvgIpc) is 2.98. The van der Waals surface area contributed by atoms with E-state index >= 15 is 0 Å². The van der Waals surface area contributed by atoms with Crippen LogP contribution in [0.15, 0.2) is 35.2 Å². The Morgan fingerprint density at radius 2 is 2.19 bits per heavy atom.